The fourth-order valence-corrected chi connectivity index (χ4v) is 3.01. The van der Waals surface area contributed by atoms with Crippen molar-refractivity contribution in [1.29, 1.82) is 0 Å². The van der Waals surface area contributed by atoms with Crippen molar-refractivity contribution >= 4 is 17.1 Å². The Bertz CT molecular complexity index is 356. The number of Topliss-reactive ketones (excluding diaryl/α,β-unsaturated/α-hetero) is 1. The summed E-state index contributed by atoms with van der Waals surface area (Å²) >= 11 is 1.56. The standard InChI is InChI=1S/C12H17NO2S/c1-15-8-10-2-3-11(16-10)12(14)9-4-6-13-7-5-9/h2-3,9,13H,4-8H2,1H3. The van der Waals surface area contributed by atoms with Crippen molar-refractivity contribution in [1.82, 2.24) is 5.32 Å². The molecule has 0 amide bonds. The fourth-order valence-electron chi connectivity index (χ4n) is 2.02. The molecule has 0 saturated carbocycles. The number of carbonyl (C=O) groups excluding carboxylic acids is 1. The summed E-state index contributed by atoms with van der Waals surface area (Å²) < 4.78 is 5.06. The highest BCUT2D eigenvalue weighted by molar-refractivity contribution is 7.14. The van der Waals surface area contributed by atoms with Gasteiger partial charge in [0.25, 0.3) is 0 Å². The van der Waals surface area contributed by atoms with E-state index in [0.29, 0.717) is 12.4 Å². The Morgan fingerprint density at radius 2 is 2.25 bits per heavy atom. The van der Waals surface area contributed by atoms with E-state index < -0.39 is 0 Å². The third kappa shape index (κ3) is 2.70. The van der Waals surface area contributed by atoms with Crippen LogP contribution in [-0.4, -0.2) is 26.0 Å². The van der Waals surface area contributed by atoms with E-state index in [0.717, 1.165) is 35.7 Å². The topological polar surface area (TPSA) is 38.3 Å². The van der Waals surface area contributed by atoms with Gasteiger partial charge in [0.05, 0.1) is 11.5 Å². The number of ketones is 1. The van der Waals surface area contributed by atoms with Crippen LogP contribution in [0, 0.1) is 5.92 Å². The van der Waals surface area contributed by atoms with Crippen LogP contribution in [-0.2, 0) is 11.3 Å². The van der Waals surface area contributed by atoms with Crippen LogP contribution in [0.1, 0.15) is 27.4 Å². The minimum Gasteiger partial charge on any atom is -0.379 e. The van der Waals surface area contributed by atoms with Gasteiger partial charge in [-0.3, -0.25) is 4.79 Å². The van der Waals surface area contributed by atoms with Crippen LogP contribution in [0.5, 0.6) is 0 Å². The van der Waals surface area contributed by atoms with E-state index in [-0.39, 0.29) is 5.92 Å². The summed E-state index contributed by atoms with van der Waals surface area (Å²) in [6.45, 7) is 2.53. The van der Waals surface area contributed by atoms with Gasteiger partial charge in [-0.1, -0.05) is 0 Å². The van der Waals surface area contributed by atoms with Crippen LogP contribution in [0.4, 0.5) is 0 Å². The van der Waals surface area contributed by atoms with E-state index in [1.165, 1.54) is 0 Å². The molecule has 88 valence electrons. The summed E-state index contributed by atoms with van der Waals surface area (Å²) in [5, 5.41) is 3.28. The third-order valence-corrected chi connectivity index (χ3v) is 3.97. The zero-order chi connectivity index (χ0) is 11.4. The van der Waals surface area contributed by atoms with Crippen LogP contribution >= 0.6 is 11.3 Å². The molecule has 0 unspecified atom stereocenters. The zero-order valence-electron chi connectivity index (χ0n) is 9.49. The Balaban J connectivity index is 2.01. The molecule has 1 fully saturated rings. The predicted molar refractivity (Wildman–Crippen MR) is 65.0 cm³/mol. The number of methoxy groups -OCH3 is 1. The smallest absolute Gasteiger partial charge is 0.175 e. The SMILES string of the molecule is COCc1ccc(C(=O)C2CCNCC2)s1. The Labute approximate surface area is 99.8 Å². The first-order valence-corrected chi connectivity index (χ1v) is 6.45. The summed E-state index contributed by atoms with van der Waals surface area (Å²) in [4.78, 5) is 14.2. The van der Waals surface area contributed by atoms with Gasteiger partial charge in [-0.05, 0) is 38.1 Å². The summed E-state index contributed by atoms with van der Waals surface area (Å²) in [6.07, 6.45) is 1.94. The molecule has 0 bridgehead atoms. The maximum absolute atomic E-state index is 12.2. The van der Waals surface area contributed by atoms with Gasteiger partial charge in [0.1, 0.15) is 0 Å². The molecule has 2 heterocycles. The Hall–Kier alpha value is -0.710. The number of piperidine rings is 1. The molecule has 4 heteroatoms. The summed E-state index contributed by atoms with van der Waals surface area (Å²) in [6, 6.07) is 3.92. The number of nitrogens with one attached hydrogen (secondary N) is 1. The number of hydrogen-bond acceptors (Lipinski definition) is 4. The highest BCUT2D eigenvalue weighted by Gasteiger charge is 2.23. The molecule has 0 atom stereocenters. The molecule has 0 aromatic carbocycles. The number of rotatable bonds is 4. The van der Waals surface area contributed by atoms with Gasteiger partial charge in [-0.25, -0.2) is 0 Å². The van der Waals surface area contributed by atoms with E-state index in [9.17, 15) is 4.79 Å². The summed E-state index contributed by atoms with van der Waals surface area (Å²) in [7, 11) is 1.67. The largest absolute Gasteiger partial charge is 0.379 e. The van der Waals surface area contributed by atoms with Crippen molar-refractivity contribution in [3.8, 4) is 0 Å². The highest BCUT2D eigenvalue weighted by Crippen LogP contribution is 2.24. The van der Waals surface area contributed by atoms with Crippen LogP contribution < -0.4 is 5.32 Å². The molecule has 0 spiro atoms. The maximum atomic E-state index is 12.2. The van der Waals surface area contributed by atoms with Crippen LogP contribution in [0.3, 0.4) is 0 Å². The van der Waals surface area contributed by atoms with E-state index in [4.69, 9.17) is 4.74 Å². The van der Waals surface area contributed by atoms with Crippen molar-refractivity contribution < 1.29 is 9.53 Å². The fraction of sp³-hybridized carbons (Fsp3) is 0.583. The van der Waals surface area contributed by atoms with Gasteiger partial charge >= 0.3 is 0 Å². The predicted octanol–water partition coefficient (Wildman–Crippen LogP) is 2.08. The van der Waals surface area contributed by atoms with Gasteiger partial charge in [-0.2, -0.15) is 0 Å². The zero-order valence-corrected chi connectivity index (χ0v) is 10.3. The molecule has 1 aliphatic rings. The molecule has 1 aromatic rings. The molecule has 1 aromatic heterocycles. The van der Waals surface area contributed by atoms with Crippen LogP contribution in [0.25, 0.3) is 0 Å². The molecule has 16 heavy (non-hydrogen) atoms. The number of carbonyl (C=O) groups is 1. The minimum absolute atomic E-state index is 0.218. The lowest BCUT2D eigenvalue weighted by Gasteiger charge is -2.20. The molecule has 1 N–H and O–H groups in total. The molecular weight excluding hydrogens is 222 g/mol. The molecule has 1 aliphatic heterocycles. The van der Waals surface area contributed by atoms with Gasteiger partial charge in [0.2, 0.25) is 0 Å². The lowest BCUT2D eigenvalue weighted by atomic mass is 9.93. The van der Waals surface area contributed by atoms with Crippen molar-refractivity contribution in [3.05, 3.63) is 21.9 Å². The Morgan fingerprint density at radius 1 is 1.50 bits per heavy atom. The van der Waals surface area contributed by atoms with Gasteiger partial charge < -0.3 is 10.1 Å². The van der Waals surface area contributed by atoms with E-state index in [2.05, 4.69) is 5.32 Å². The average Bonchev–Trinajstić information content (AvgIpc) is 2.78. The lowest BCUT2D eigenvalue weighted by molar-refractivity contribution is 0.0899. The van der Waals surface area contributed by atoms with Crippen molar-refractivity contribution in [2.24, 2.45) is 5.92 Å². The van der Waals surface area contributed by atoms with Crippen molar-refractivity contribution in [2.45, 2.75) is 19.4 Å². The van der Waals surface area contributed by atoms with E-state index >= 15 is 0 Å². The van der Waals surface area contributed by atoms with E-state index in [1.807, 2.05) is 12.1 Å². The average molecular weight is 239 g/mol. The third-order valence-electron chi connectivity index (χ3n) is 2.90. The second-order valence-electron chi connectivity index (χ2n) is 4.09. The van der Waals surface area contributed by atoms with Gasteiger partial charge in [-0.15, -0.1) is 11.3 Å². The monoisotopic (exact) mass is 239 g/mol. The number of thiophene rings is 1. The normalized spacial score (nSPS) is 17.6. The molecule has 3 nitrogen and oxygen atoms in total. The summed E-state index contributed by atoms with van der Waals surface area (Å²) in [5.74, 6) is 0.532. The number of ether oxygens (including phenoxy) is 1. The molecule has 2 rings (SSSR count). The molecule has 0 aliphatic carbocycles. The second-order valence-corrected chi connectivity index (χ2v) is 5.26. The first-order chi connectivity index (χ1) is 7.81. The highest BCUT2D eigenvalue weighted by atomic mass is 32.1. The molecule has 1 saturated heterocycles. The van der Waals surface area contributed by atoms with Crippen LogP contribution in [0.15, 0.2) is 12.1 Å². The van der Waals surface area contributed by atoms with Crippen molar-refractivity contribution in [3.63, 3.8) is 0 Å². The van der Waals surface area contributed by atoms with Crippen molar-refractivity contribution in [2.75, 3.05) is 20.2 Å². The quantitative estimate of drug-likeness (QED) is 0.818. The van der Waals surface area contributed by atoms with E-state index in [1.54, 1.807) is 18.4 Å². The lowest BCUT2D eigenvalue weighted by Crippen LogP contribution is -2.31. The number of hydrogen-bond donors (Lipinski definition) is 1. The second kappa shape index (κ2) is 5.57. The Kier molecular flexibility index (Phi) is 4.09. The summed E-state index contributed by atoms with van der Waals surface area (Å²) in [5.41, 5.74) is 0. The Morgan fingerprint density at radius 3 is 2.94 bits per heavy atom. The van der Waals surface area contributed by atoms with Gasteiger partial charge in [0.15, 0.2) is 5.78 Å². The van der Waals surface area contributed by atoms with Crippen LogP contribution in [0.2, 0.25) is 0 Å². The maximum Gasteiger partial charge on any atom is 0.175 e. The first-order valence-electron chi connectivity index (χ1n) is 5.64. The first kappa shape index (κ1) is 11.8. The van der Waals surface area contributed by atoms with Gasteiger partial charge in [0, 0.05) is 17.9 Å². The minimum atomic E-state index is 0.218. The molecule has 0 radical (unpaired) electrons. The molecular formula is C12H17NO2S.